The van der Waals surface area contributed by atoms with Crippen molar-refractivity contribution in [2.45, 2.75) is 12.8 Å². The van der Waals surface area contributed by atoms with E-state index >= 15 is 0 Å². The Labute approximate surface area is 111 Å². The summed E-state index contributed by atoms with van der Waals surface area (Å²) in [6.07, 6.45) is 1.96. The van der Waals surface area contributed by atoms with Crippen LogP contribution in [0.15, 0.2) is 18.2 Å². The number of nitrogens with zero attached hydrogens (tertiary/aromatic N) is 2. The molecule has 0 bridgehead atoms. The molecule has 1 heterocycles. The minimum absolute atomic E-state index is 0.0107. The van der Waals surface area contributed by atoms with Gasteiger partial charge in [-0.3, -0.25) is 16.0 Å². The van der Waals surface area contributed by atoms with E-state index in [1.165, 1.54) is 6.07 Å². The van der Waals surface area contributed by atoms with Crippen LogP contribution in [0, 0.1) is 16.0 Å². The van der Waals surface area contributed by atoms with Crippen molar-refractivity contribution in [3.63, 3.8) is 0 Å². The lowest BCUT2D eigenvalue weighted by molar-refractivity contribution is -0.384. The molecule has 1 aliphatic heterocycles. The standard InChI is InChI=1S/C12H18N4O3/c13-14-10-4-11(6-12(5-10)16(18)19)15-3-1-2-9(7-15)8-17/h4-6,9,14,17H,1-3,7-8,13H2. The summed E-state index contributed by atoms with van der Waals surface area (Å²) in [5.74, 6) is 5.56. The Hall–Kier alpha value is -1.86. The van der Waals surface area contributed by atoms with Crippen molar-refractivity contribution in [2.75, 3.05) is 30.0 Å². The fraction of sp³-hybridized carbons (Fsp3) is 0.500. The monoisotopic (exact) mass is 266 g/mol. The topological polar surface area (TPSA) is 105 Å². The second-order valence-electron chi connectivity index (χ2n) is 4.78. The van der Waals surface area contributed by atoms with Gasteiger partial charge in [0.2, 0.25) is 0 Å². The number of non-ortho nitro benzene ring substituents is 1. The fourth-order valence-corrected chi connectivity index (χ4v) is 2.42. The summed E-state index contributed by atoms with van der Waals surface area (Å²) in [6, 6.07) is 4.73. The second-order valence-corrected chi connectivity index (χ2v) is 4.78. The highest BCUT2D eigenvalue weighted by molar-refractivity contribution is 5.64. The molecular weight excluding hydrogens is 248 g/mol. The molecule has 1 aromatic carbocycles. The number of aliphatic hydroxyl groups is 1. The van der Waals surface area contributed by atoms with E-state index < -0.39 is 4.92 Å². The zero-order valence-corrected chi connectivity index (χ0v) is 10.6. The van der Waals surface area contributed by atoms with Crippen LogP contribution in [0.25, 0.3) is 0 Å². The predicted octanol–water partition coefficient (Wildman–Crippen LogP) is 1.09. The Morgan fingerprint density at radius 3 is 2.95 bits per heavy atom. The third-order valence-electron chi connectivity index (χ3n) is 3.42. The van der Waals surface area contributed by atoms with E-state index in [1.54, 1.807) is 12.1 Å². The van der Waals surface area contributed by atoms with Crippen LogP contribution < -0.4 is 16.2 Å². The van der Waals surface area contributed by atoms with E-state index in [2.05, 4.69) is 10.3 Å². The molecule has 1 atom stereocenters. The Morgan fingerprint density at radius 2 is 2.32 bits per heavy atom. The number of nitro groups is 1. The maximum Gasteiger partial charge on any atom is 0.273 e. The minimum atomic E-state index is -0.433. The van der Waals surface area contributed by atoms with Gasteiger partial charge in [0.15, 0.2) is 0 Å². The van der Waals surface area contributed by atoms with Crippen molar-refractivity contribution in [3.8, 4) is 0 Å². The van der Waals surface area contributed by atoms with Gasteiger partial charge in [-0.25, -0.2) is 0 Å². The summed E-state index contributed by atoms with van der Waals surface area (Å²) in [4.78, 5) is 12.5. The maximum atomic E-state index is 10.9. The van der Waals surface area contributed by atoms with Gasteiger partial charge in [0.05, 0.1) is 10.6 Å². The van der Waals surface area contributed by atoms with Crippen LogP contribution in [0.3, 0.4) is 0 Å². The van der Waals surface area contributed by atoms with Crippen molar-refractivity contribution in [1.29, 1.82) is 0 Å². The van der Waals surface area contributed by atoms with E-state index in [0.29, 0.717) is 12.2 Å². The third kappa shape index (κ3) is 3.12. The molecule has 2 rings (SSSR count). The van der Waals surface area contributed by atoms with Crippen LogP contribution in [0.1, 0.15) is 12.8 Å². The summed E-state index contributed by atoms with van der Waals surface area (Å²) in [7, 11) is 0. The number of nitrogens with two attached hydrogens (primary N) is 1. The van der Waals surface area contributed by atoms with Gasteiger partial charge < -0.3 is 15.4 Å². The van der Waals surface area contributed by atoms with Gasteiger partial charge in [0.25, 0.3) is 5.69 Å². The second kappa shape index (κ2) is 5.85. The normalized spacial score (nSPS) is 19.3. The fourth-order valence-electron chi connectivity index (χ4n) is 2.42. The Balaban J connectivity index is 2.27. The van der Waals surface area contributed by atoms with Crippen LogP contribution in [-0.4, -0.2) is 29.7 Å². The number of hydrogen-bond acceptors (Lipinski definition) is 6. The summed E-state index contributed by atoms with van der Waals surface area (Å²) >= 11 is 0. The van der Waals surface area contributed by atoms with Crippen molar-refractivity contribution in [3.05, 3.63) is 28.3 Å². The largest absolute Gasteiger partial charge is 0.396 e. The number of hydrazine groups is 1. The maximum absolute atomic E-state index is 10.9. The lowest BCUT2D eigenvalue weighted by atomic mass is 9.98. The average molecular weight is 266 g/mol. The SMILES string of the molecule is NNc1cc(N2CCCC(CO)C2)cc([N+](=O)[O-])c1. The number of nitrogen functional groups attached to an aromatic ring is 1. The van der Waals surface area contributed by atoms with Gasteiger partial charge in [-0.05, 0) is 24.8 Å². The molecule has 1 unspecified atom stereocenters. The van der Waals surface area contributed by atoms with Crippen molar-refractivity contribution in [2.24, 2.45) is 11.8 Å². The first-order valence-corrected chi connectivity index (χ1v) is 6.26. The molecule has 7 heteroatoms. The molecule has 0 aliphatic carbocycles. The molecule has 1 saturated heterocycles. The van der Waals surface area contributed by atoms with Crippen LogP contribution in [0.4, 0.5) is 17.1 Å². The number of aliphatic hydroxyl groups excluding tert-OH is 1. The van der Waals surface area contributed by atoms with Gasteiger partial charge in [-0.1, -0.05) is 0 Å². The van der Waals surface area contributed by atoms with Gasteiger partial charge in [0, 0.05) is 37.5 Å². The molecule has 104 valence electrons. The van der Waals surface area contributed by atoms with E-state index in [9.17, 15) is 15.2 Å². The molecule has 1 fully saturated rings. The average Bonchev–Trinajstić information content (AvgIpc) is 2.46. The number of nitrogens with one attached hydrogen (secondary N) is 1. The molecule has 0 spiro atoms. The number of piperidine rings is 1. The van der Waals surface area contributed by atoms with Gasteiger partial charge in [-0.2, -0.15) is 0 Å². The van der Waals surface area contributed by atoms with Crippen molar-refractivity contribution < 1.29 is 10.0 Å². The van der Waals surface area contributed by atoms with E-state index in [4.69, 9.17) is 5.84 Å². The molecule has 19 heavy (non-hydrogen) atoms. The molecule has 1 aliphatic rings. The molecule has 4 N–H and O–H groups in total. The number of benzene rings is 1. The highest BCUT2D eigenvalue weighted by Crippen LogP contribution is 2.29. The van der Waals surface area contributed by atoms with Gasteiger partial charge in [0.1, 0.15) is 0 Å². The molecule has 0 radical (unpaired) electrons. The minimum Gasteiger partial charge on any atom is -0.396 e. The smallest absolute Gasteiger partial charge is 0.273 e. The van der Waals surface area contributed by atoms with Crippen molar-refractivity contribution >= 4 is 17.1 Å². The van der Waals surface area contributed by atoms with Crippen molar-refractivity contribution in [1.82, 2.24) is 0 Å². The molecule has 0 aromatic heterocycles. The molecule has 1 aromatic rings. The molecule has 0 saturated carbocycles. The van der Waals surface area contributed by atoms with E-state index in [-0.39, 0.29) is 18.2 Å². The zero-order chi connectivity index (χ0) is 13.8. The highest BCUT2D eigenvalue weighted by Gasteiger charge is 2.21. The lowest BCUT2D eigenvalue weighted by Gasteiger charge is -2.33. The highest BCUT2D eigenvalue weighted by atomic mass is 16.6. The van der Waals surface area contributed by atoms with E-state index in [0.717, 1.165) is 25.1 Å². The third-order valence-corrected chi connectivity index (χ3v) is 3.42. The van der Waals surface area contributed by atoms with Gasteiger partial charge >= 0.3 is 0 Å². The summed E-state index contributed by atoms with van der Waals surface area (Å²) in [5.41, 5.74) is 3.73. The molecule has 0 amide bonds. The first kappa shape index (κ1) is 13.6. The first-order chi connectivity index (χ1) is 9.13. The number of nitro benzene ring substituents is 1. The first-order valence-electron chi connectivity index (χ1n) is 6.26. The predicted molar refractivity (Wildman–Crippen MR) is 72.9 cm³/mol. The summed E-state index contributed by atoms with van der Waals surface area (Å²) in [5, 5.41) is 20.1. The number of anilines is 2. The number of rotatable bonds is 4. The molecule has 7 nitrogen and oxygen atoms in total. The Bertz CT molecular complexity index is 466. The molecular formula is C12H18N4O3. The zero-order valence-electron chi connectivity index (χ0n) is 10.6. The van der Waals surface area contributed by atoms with E-state index in [1.807, 2.05) is 0 Å². The van der Waals surface area contributed by atoms with Crippen LogP contribution in [-0.2, 0) is 0 Å². The quantitative estimate of drug-likeness (QED) is 0.428. The van der Waals surface area contributed by atoms with Crippen LogP contribution in [0.5, 0.6) is 0 Å². The Kier molecular flexibility index (Phi) is 4.18. The van der Waals surface area contributed by atoms with Gasteiger partial charge in [-0.15, -0.1) is 0 Å². The Morgan fingerprint density at radius 1 is 1.53 bits per heavy atom. The van der Waals surface area contributed by atoms with Crippen LogP contribution in [0.2, 0.25) is 0 Å². The lowest BCUT2D eigenvalue weighted by Crippen LogP contribution is -2.36. The summed E-state index contributed by atoms with van der Waals surface area (Å²) in [6.45, 7) is 1.69. The van der Waals surface area contributed by atoms with Crippen LogP contribution >= 0.6 is 0 Å². The number of hydrogen-bond donors (Lipinski definition) is 3. The summed E-state index contributed by atoms with van der Waals surface area (Å²) < 4.78 is 0.